The van der Waals surface area contributed by atoms with Crippen molar-refractivity contribution < 1.29 is 13.9 Å². The van der Waals surface area contributed by atoms with Crippen LogP contribution in [0.1, 0.15) is 16.1 Å². The molecule has 0 saturated heterocycles. The Morgan fingerprint density at radius 2 is 2.03 bits per heavy atom. The summed E-state index contributed by atoms with van der Waals surface area (Å²) in [4.78, 5) is 29.4. The molecule has 1 N–H and O–H groups in total. The molecule has 0 aliphatic carbocycles. The Bertz CT molecular complexity index is 1320. The van der Waals surface area contributed by atoms with Gasteiger partial charge in [-0.25, -0.2) is 9.37 Å². The van der Waals surface area contributed by atoms with Gasteiger partial charge in [0.25, 0.3) is 11.5 Å². The van der Waals surface area contributed by atoms with Crippen LogP contribution in [0, 0.1) is 5.82 Å². The van der Waals surface area contributed by atoms with Crippen LogP contribution in [-0.4, -0.2) is 36.7 Å². The van der Waals surface area contributed by atoms with Gasteiger partial charge in [0.1, 0.15) is 17.3 Å². The first-order valence-electron chi connectivity index (χ1n) is 9.05. The van der Waals surface area contributed by atoms with E-state index in [1.165, 1.54) is 41.5 Å². The highest BCUT2D eigenvalue weighted by Crippen LogP contribution is 2.25. The summed E-state index contributed by atoms with van der Waals surface area (Å²) >= 11 is 0. The maximum absolute atomic E-state index is 14.5. The number of hydrogen-bond acceptors (Lipinski definition) is 5. The lowest BCUT2D eigenvalue weighted by Gasteiger charge is -2.11. The number of halogens is 1. The molecule has 0 fully saturated rings. The van der Waals surface area contributed by atoms with Crippen molar-refractivity contribution in [1.29, 1.82) is 0 Å². The largest absolute Gasteiger partial charge is 0.497 e. The van der Waals surface area contributed by atoms with Crippen LogP contribution in [-0.2, 0) is 20.6 Å². The number of aryl methyl sites for hydroxylation is 1. The third-order valence-corrected chi connectivity index (χ3v) is 4.75. The van der Waals surface area contributed by atoms with E-state index in [0.29, 0.717) is 11.4 Å². The number of aromatic nitrogens is 5. The molecule has 0 aliphatic rings. The number of nitrogens with one attached hydrogen (secondary N) is 1. The smallest absolute Gasteiger partial charge is 0.294 e. The summed E-state index contributed by atoms with van der Waals surface area (Å²) < 4.78 is 23.9. The van der Waals surface area contributed by atoms with Crippen molar-refractivity contribution in [2.24, 2.45) is 14.1 Å². The Labute approximate surface area is 170 Å². The number of carbonyl (C=O) groups is 1. The van der Waals surface area contributed by atoms with Gasteiger partial charge < -0.3 is 14.6 Å². The molecule has 4 rings (SSSR count). The number of amides is 1. The average molecular weight is 410 g/mol. The van der Waals surface area contributed by atoms with E-state index in [2.05, 4.69) is 15.4 Å². The SMILES string of the molecule is COc1ccc(-c2cn3cc(C(=O)NCc4cnn(C)c4)nc3c(=O)n2C)c(F)c1. The zero-order valence-corrected chi connectivity index (χ0v) is 16.6. The summed E-state index contributed by atoms with van der Waals surface area (Å²) in [5.74, 6) is -0.586. The molecule has 0 bridgehead atoms. The van der Waals surface area contributed by atoms with Gasteiger partial charge in [0.15, 0.2) is 0 Å². The van der Waals surface area contributed by atoms with Crippen LogP contribution in [0.25, 0.3) is 16.9 Å². The first-order chi connectivity index (χ1) is 14.4. The van der Waals surface area contributed by atoms with Crippen LogP contribution in [0.5, 0.6) is 5.75 Å². The Morgan fingerprint density at radius 1 is 1.23 bits per heavy atom. The number of methoxy groups -OCH3 is 1. The van der Waals surface area contributed by atoms with Gasteiger partial charge in [-0.2, -0.15) is 5.10 Å². The Morgan fingerprint density at radius 3 is 2.70 bits per heavy atom. The highest BCUT2D eigenvalue weighted by Gasteiger charge is 2.17. The fraction of sp³-hybridized carbons (Fsp3) is 0.200. The number of ether oxygens (including phenoxy) is 1. The summed E-state index contributed by atoms with van der Waals surface area (Å²) in [6, 6.07) is 4.39. The van der Waals surface area contributed by atoms with E-state index < -0.39 is 17.3 Å². The Balaban J connectivity index is 1.68. The maximum Gasteiger partial charge on any atom is 0.294 e. The van der Waals surface area contributed by atoms with Crippen LogP contribution in [0.15, 0.2) is 47.8 Å². The molecule has 1 amide bonds. The topological polar surface area (TPSA) is 95.5 Å². The number of fused-ring (bicyclic) bond motifs is 1. The minimum Gasteiger partial charge on any atom is -0.497 e. The predicted octanol–water partition coefficient (Wildman–Crippen LogP) is 1.51. The van der Waals surface area contributed by atoms with Crippen molar-refractivity contribution in [3.05, 3.63) is 70.4 Å². The molecule has 0 spiro atoms. The summed E-state index contributed by atoms with van der Waals surface area (Å²) in [7, 11) is 4.76. The number of carbonyl (C=O) groups excluding carboxylic acids is 1. The van der Waals surface area contributed by atoms with Gasteiger partial charge in [-0.05, 0) is 12.1 Å². The summed E-state index contributed by atoms with van der Waals surface area (Å²) in [5, 5.41) is 6.78. The van der Waals surface area contributed by atoms with Crippen molar-refractivity contribution in [1.82, 2.24) is 29.0 Å². The molecule has 10 heteroatoms. The number of rotatable bonds is 5. The third kappa shape index (κ3) is 3.43. The standard InChI is InChI=1S/C20H19FN6O3/c1-25-9-12(8-23-25)7-22-19(28)16-10-27-11-17(26(2)20(29)18(27)24-16)14-5-4-13(30-3)6-15(14)21/h4-6,8-11H,7H2,1-3H3,(H,22,28). The number of hydrogen-bond donors (Lipinski definition) is 1. The second-order valence-electron chi connectivity index (χ2n) is 6.79. The highest BCUT2D eigenvalue weighted by atomic mass is 19.1. The van der Waals surface area contributed by atoms with Crippen molar-refractivity contribution >= 4 is 11.6 Å². The molecular weight excluding hydrogens is 391 g/mol. The molecular formula is C20H19FN6O3. The molecule has 0 aliphatic heterocycles. The lowest BCUT2D eigenvalue weighted by molar-refractivity contribution is 0.0946. The first-order valence-corrected chi connectivity index (χ1v) is 9.05. The lowest BCUT2D eigenvalue weighted by Crippen LogP contribution is -2.23. The molecule has 30 heavy (non-hydrogen) atoms. The number of imidazole rings is 1. The Kier molecular flexibility index (Phi) is 4.82. The fourth-order valence-electron chi connectivity index (χ4n) is 3.15. The normalized spacial score (nSPS) is 11.1. The van der Waals surface area contributed by atoms with E-state index in [4.69, 9.17) is 4.74 Å². The highest BCUT2D eigenvalue weighted by molar-refractivity contribution is 5.92. The predicted molar refractivity (Wildman–Crippen MR) is 107 cm³/mol. The number of nitrogens with zero attached hydrogens (tertiary/aromatic N) is 5. The van der Waals surface area contributed by atoms with E-state index in [1.54, 1.807) is 36.4 Å². The molecule has 1 aromatic carbocycles. The average Bonchev–Trinajstić information content (AvgIpc) is 3.35. The van der Waals surface area contributed by atoms with Crippen LogP contribution in [0.4, 0.5) is 4.39 Å². The monoisotopic (exact) mass is 410 g/mol. The van der Waals surface area contributed by atoms with E-state index >= 15 is 0 Å². The van der Waals surface area contributed by atoms with Gasteiger partial charge >= 0.3 is 0 Å². The van der Waals surface area contributed by atoms with E-state index in [1.807, 2.05) is 0 Å². The summed E-state index contributed by atoms with van der Waals surface area (Å²) in [5.41, 5.74) is 1.11. The zero-order chi connectivity index (χ0) is 21.4. The first kappa shape index (κ1) is 19.4. The molecule has 154 valence electrons. The second-order valence-corrected chi connectivity index (χ2v) is 6.79. The molecule has 0 radical (unpaired) electrons. The van der Waals surface area contributed by atoms with Gasteiger partial charge in [0, 0.05) is 56.4 Å². The van der Waals surface area contributed by atoms with E-state index in [9.17, 15) is 14.0 Å². The minimum atomic E-state index is -0.529. The Hall–Kier alpha value is -3.95. The molecule has 9 nitrogen and oxygen atoms in total. The van der Waals surface area contributed by atoms with Gasteiger partial charge in [-0.3, -0.25) is 18.7 Å². The second kappa shape index (κ2) is 7.47. The molecule has 3 aromatic heterocycles. The maximum atomic E-state index is 14.5. The zero-order valence-electron chi connectivity index (χ0n) is 16.6. The van der Waals surface area contributed by atoms with Gasteiger partial charge in [0.05, 0.1) is 19.0 Å². The molecule has 0 unspecified atom stereocenters. The molecule has 4 aromatic rings. The number of benzene rings is 1. The minimum absolute atomic E-state index is 0.0710. The van der Waals surface area contributed by atoms with Crippen molar-refractivity contribution in [2.45, 2.75) is 6.54 Å². The molecule has 0 atom stereocenters. The lowest BCUT2D eigenvalue weighted by atomic mass is 10.1. The van der Waals surface area contributed by atoms with Crippen LogP contribution < -0.4 is 15.6 Å². The van der Waals surface area contributed by atoms with Crippen molar-refractivity contribution in [2.75, 3.05) is 7.11 Å². The van der Waals surface area contributed by atoms with Crippen molar-refractivity contribution in [3.8, 4) is 17.0 Å². The van der Waals surface area contributed by atoms with Crippen LogP contribution in [0.2, 0.25) is 0 Å². The van der Waals surface area contributed by atoms with Gasteiger partial charge in [0.2, 0.25) is 5.65 Å². The molecule has 3 heterocycles. The van der Waals surface area contributed by atoms with Crippen LogP contribution in [0.3, 0.4) is 0 Å². The molecule has 0 saturated carbocycles. The van der Waals surface area contributed by atoms with E-state index in [-0.39, 0.29) is 23.4 Å². The fourth-order valence-corrected chi connectivity index (χ4v) is 3.15. The van der Waals surface area contributed by atoms with Gasteiger partial charge in [-0.1, -0.05) is 0 Å². The van der Waals surface area contributed by atoms with Crippen molar-refractivity contribution in [3.63, 3.8) is 0 Å². The quantitative estimate of drug-likeness (QED) is 0.538. The summed E-state index contributed by atoms with van der Waals surface area (Å²) in [6.45, 7) is 0.279. The van der Waals surface area contributed by atoms with Gasteiger partial charge in [-0.15, -0.1) is 0 Å². The summed E-state index contributed by atoms with van der Waals surface area (Å²) in [6.07, 6.45) is 6.44. The third-order valence-electron chi connectivity index (χ3n) is 4.75. The van der Waals surface area contributed by atoms with E-state index in [0.717, 1.165) is 5.56 Å². The van der Waals surface area contributed by atoms with Crippen LogP contribution >= 0.6 is 0 Å².